The molecule has 2 aromatic carbocycles. The van der Waals surface area contributed by atoms with Crippen LogP contribution in [0.25, 0.3) is 0 Å². The summed E-state index contributed by atoms with van der Waals surface area (Å²) in [6, 6.07) is 21.9. The predicted octanol–water partition coefficient (Wildman–Crippen LogP) is 3.51. The molecule has 0 aliphatic rings. The van der Waals surface area contributed by atoms with E-state index in [4.69, 9.17) is 16.6 Å². The van der Waals surface area contributed by atoms with Crippen LogP contribution in [0.5, 0.6) is 0 Å². The Hall–Kier alpha value is -2.97. The van der Waals surface area contributed by atoms with Crippen molar-refractivity contribution in [2.45, 2.75) is 5.92 Å². The maximum absolute atomic E-state index is 12.8. The van der Waals surface area contributed by atoms with Crippen LogP contribution in [-0.4, -0.2) is 16.9 Å². The van der Waals surface area contributed by atoms with Crippen molar-refractivity contribution < 1.29 is 14.0 Å². The molecule has 1 heterocycles. The number of rotatable bonds is 4. The van der Waals surface area contributed by atoms with Crippen molar-refractivity contribution in [3.8, 4) is 0 Å². The molecular formula is C20H16BrN3O3S. The molecule has 0 saturated carbocycles. The van der Waals surface area contributed by atoms with Gasteiger partial charge in [0.15, 0.2) is 15.5 Å². The smallest absolute Gasteiger partial charge is 0.293 e. The van der Waals surface area contributed by atoms with E-state index in [-0.39, 0.29) is 16.8 Å². The van der Waals surface area contributed by atoms with Crippen LogP contribution >= 0.6 is 28.1 Å². The minimum absolute atomic E-state index is 0.0502. The number of nitrogens with one attached hydrogen (secondary N) is 3. The third-order valence-electron chi connectivity index (χ3n) is 3.85. The van der Waals surface area contributed by atoms with Crippen molar-refractivity contribution in [3.05, 3.63) is 94.4 Å². The Kier molecular flexibility index (Phi) is 6.57. The van der Waals surface area contributed by atoms with Crippen molar-refractivity contribution in [2.24, 2.45) is 0 Å². The van der Waals surface area contributed by atoms with Crippen molar-refractivity contribution in [1.29, 1.82) is 0 Å². The van der Waals surface area contributed by atoms with Gasteiger partial charge in [-0.3, -0.25) is 25.8 Å². The highest BCUT2D eigenvalue weighted by molar-refractivity contribution is 9.10. The number of carbonyl (C=O) groups excluding carboxylic acids is 2. The Balaban J connectivity index is 1.65. The molecule has 8 heteroatoms. The van der Waals surface area contributed by atoms with E-state index in [2.05, 4.69) is 32.1 Å². The van der Waals surface area contributed by atoms with Crippen LogP contribution in [0.15, 0.2) is 81.9 Å². The van der Waals surface area contributed by atoms with Gasteiger partial charge in [0, 0.05) is 0 Å². The van der Waals surface area contributed by atoms with Crippen molar-refractivity contribution >= 4 is 45.1 Å². The normalized spacial score (nSPS) is 10.4. The number of furan rings is 1. The first kappa shape index (κ1) is 19.8. The topological polar surface area (TPSA) is 83.4 Å². The summed E-state index contributed by atoms with van der Waals surface area (Å²) in [6.07, 6.45) is 0. The van der Waals surface area contributed by atoms with Crippen LogP contribution in [-0.2, 0) is 4.79 Å². The van der Waals surface area contributed by atoms with Gasteiger partial charge in [0.05, 0.1) is 5.92 Å². The number of halogens is 1. The van der Waals surface area contributed by atoms with Gasteiger partial charge in [-0.15, -0.1) is 0 Å². The molecule has 1 aromatic heterocycles. The highest BCUT2D eigenvalue weighted by Crippen LogP contribution is 2.24. The van der Waals surface area contributed by atoms with Crippen LogP contribution in [0.3, 0.4) is 0 Å². The Bertz CT molecular complexity index is 937. The molecule has 0 spiro atoms. The van der Waals surface area contributed by atoms with Gasteiger partial charge in [-0.25, -0.2) is 0 Å². The van der Waals surface area contributed by atoms with E-state index in [1.165, 1.54) is 6.07 Å². The zero-order valence-electron chi connectivity index (χ0n) is 14.5. The number of amides is 2. The second-order valence-electron chi connectivity index (χ2n) is 5.76. The Morgan fingerprint density at radius 2 is 1.43 bits per heavy atom. The largest absolute Gasteiger partial charge is 0.444 e. The fourth-order valence-corrected chi connectivity index (χ4v) is 3.06. The van der Waals surface area contributed by atoms with Crippen LogP contribution in [0, 0.1) is 0 Å². The molecule has 0 unspecified atom stereocenters. The Morgan fingerprint density at radius 3 is 1.93 bits per heavy atom. The lowest BCUT2D eigenvalue weighted by atomic mass is 9.91. The van der Waals surface area contributed by atoms with Crippen molar-refractivity contribution in [1.82, 2.24) is 16.2 Å². The molecule has 0 fully saturated rings. The molecule has 0 saturated heterocycles. The molecule has 0 atom stereocenters. The zero-order chi connectivity index (χ0) is 19.9. The summed E-state index contributed by atoms with van der Waals surface area (Å²) in [5.74, 6) is -1.28. The first-order valence-electron chi connectivity index (χ1n) is 8.31. The summed E-state index contributed by atoms with van der Waals surface area (Å²) >= 11 is 8.19. The average Bonchev–Trinajstić information content (AvgIpc) is 3.15. The molecule has 3 aromatic rings. The average molecular weight is 458 g/mol. The van der Waals surface area contributed by atoms with Gasteiger partial charge in [0.1, 0.15) is 0 Å². The third-order valence-corrected chi connectivity index (χ3v) is 4.48. The summed E-state index contributed by atoms with van der Waals surface area (Å²) < 4.78 is 5.58. The lowest BCUT2D eigenvalue weighted by Crippen LogP contribution is -2.49. The minimum atomic E-state index is -0.533. The summed E-state index contributed by atoms with van der Waals surface area (Å²) in [5.41, 5.74) is 6.79. The van der Waals surface area contributed by atoms with Crippen LogP contribution in [0.1, 0.15) is 27.6 Å². The van der Waals surface area contributed by atoms with E-state index in [0.717, 1.165) is 11.1 Å². The third kappa shape index (κ3) is 5.05. The van der Waals surface area contributed by atoms with E-state index in [1.807, 2.05) is 60.7 Å². The minimum Gasteiger partial charge on any atom is -0.444 e. The van der Waals surface area contributed by atoms with Crippen LogP contribution in [0.4, 0.5) is 0 Å². The number of thiocarbonyl (C=S) groups is 1. The molecule has 3 N–H and O–H groups in total. The Labute approximate surface area is 175 Å². The summed E-state index contributed by atoms with van der Waals surface area (Å²) in [6.45, 7) is 0. The first-order valence-corrected chi connectivity index (χ1v) is 9.51. The van der Waals surface area contributed by atoms with E-state index in [0.29, 0.717) is 4.67 Å². The van der Waals surface area contributed by atoms with E-state index >= 15 is 0 Å². The summed E-state index contributed by atoms with van der Waals surface area (Å²) in [5, 5.41) is 2.39. The number of benzene rings is 2. The molecule has 142 valence electrons. The zero-order valence-corrected chi connectivity index (χ0v) is 16.9. The van der Waals surface area contributed by atoms with Gasteiger partial charge >= 0.3 is 0 Å². The predicted molar refractivity (Wildman–Crippen MR) is 112 cm³/mol. The van der Waals surface area contributed by atoms with Crippen LogP contribution in [0.2, 0.25) is 0 Å². The quantitative estimate of drug-likeness (QED) is 0.412. The summed E-state index contributed by atoms with van der Waals surface area (Å²) in [7, 11) is 0. The van der Waals surface area contributed by atoms with Gasteiger partial charge in [0.25, 0.3) is 5.91 Å². The molecular weight excluding hydrogens is 442 g/mol. The molecule has 3 rings (SSSR count). The molecule has 0 aliphatic carbocycles. The monoisotopic (exact) mass is 457 g/mol. The first-order chi connectivity index (χ1) is 13.5. The van der Waals surface area contributed by atoms with Gasteiger partial charge in [-0.1, -0.05) is 60.7 Å². The van der Waals surface area contributed by atoms with Crippen LogP contribution < -0.4 is 16.2 Å². The number of hydrogen-bond acceptors (Lipinski definition) is 4. The molecule has 28 heavy (non-hydrogen) atoms. The molecule has 0 aliphatic heterocycles. The summed E-state index contributed by atoms with van der Waals surface area (Å²) in [4.78, 5) is 24.9. The molecule has 2 amide bonds. The molecule has 6 nitrogen and oxygen atoms in total. The van der Waals surface area contributed by atoms with E-state index < -0.39 is 11.8 Å². The van der Waals surface area contributed by atoms with Crippen molar-refractivity contribution in [2.75, 3.05) is 0 Å². The lowest BCUT2D eigenvalue weighted by Gasteiger charge is -2.18. The second-order valence-corrected chi connectivity index (χ2v) is 6.95. The fourth-order valence-electron chi connectivity index (χ4n) is 2.61. The molecule has 0 radical (unpaired) electrons. The maximum atomic E-state index is 12.8. The lowest BCUT2D eigenvalue weighted by molar-refractivity contribution is -0.122. The van der Waals surface area contributed by atoms with Crippen molar-refractivity contribution in [3.63, 3.8) is 0 Å². The number of hydrogen-bond donors (Lipinski definition) is 3. The fraction of sp³-hybridized carbons (Fsp3) is 0.0500. The van der Waals surface area contributed by atoms with Gasteiger partial charge < -0.3 is 4.42 Å². The van der Waals surface area contributed by atoms with Gasteiger partial charge in [-0.2, -0.15) is 0 Å². The highest BCUT2D eigenvalue weighted by Gasteiger charge is 2.23. The van der Waals surface area contributed by atoms with Gasteiger partial charge in [-0.05, 0) is 51.4 Å². The van der Waals surface area contributed by atoms with E-state index in [1.54, 1.807) is 6.07 Å². The number of hydrazine groups is 1. The highest BCUT2D eigenvalue weighted by atomic mass is 79.9. The Morgan fingerprint density at radius 1 is 0.857 bits per heavy atom. The maximum Gasteiger partial charge on any atom is 0.293 e. The number of carbonyl (C=O) groups is 2. The second kappa shape index (κ2) is 9.29. The van der Waals surface area contributed by atoms with E-state index in [9.17, 15) is 9.59 Å². The SMILES string of the molecule is O=C(NC(=S)NNC(=O)C(c1ccccc1)c1ccccc1)c1ccc(Br)o1. The standard InChI is InChI=1S/C20H16BrN3O3S/c21-16-12-11-15(27-16)18(25)22-20(28)24-23-19(26)17(13-7-3-1-4-8-13)14-9-5-2-6-10-14/h1-12,17H,(H,23,26)(H2,22,24,25,28). The molecule has 0 bridgehead atoms. The van der Waals surface area contributed by atoms with Gasteiger partial charge in [0.2, 0.25) is 5.91 Å².